The molecule has 0 aliphatic carbocycles. The van der Waals surface area contributed by atoms with E-state index >= 15 is 0 Å². The van der Waals surface area contributed by atoms with E-state index in [0.717, 1.165) is 18.9 Å². The fraction of sp³-hybridized carbons (Fsp3) is 0.882. The Kier molecular flexibility index (Phi) is 10.4. The maximum absolute atomic E-state index is 11.5. The predicted molar refractivity (Wildman–Crippen MR) is 93.8 cm³/mol. The van der Waals surface area contributed by atoms with Crippen molar-refractivity contribution < 1.29 is 23.5 Å². The quantitative estimate of drug-likeness (QED) is 0.244. The van der Waals surface area contributed by atoms with Crippen molar-refractivity contribution in [2.75, 3.05) is 13.7 Å². The molecule has 0 saturated carbocycles. The third-order valence-corrected chi connectivity index (χ3v) is 10.0. The zero-order valence-corrected chi connectivity index (χ0v) is 16.8. The van der Waals surface area contributed by atoms with Crippen molar-refractivity contribution in [3.8, 4) is 0 Å². The zero-order chi connectivity index (χ0) is 18.0. The molecule has 0 aromatic heterocycles. The molecule has 0 radical (unpaired) electrons. The summed E-state index contributed by atoms with van der Waals surface area (Å²) in [6, 6.07) is 1.06. The largest absolute Gasteiger partial charge is 0.465 e. The highest BCUT2D eigenvalue weighted by molar-refractivity contribution is 6.76. The molecule has 0 unspecified atom stereocenters. The van der Waals surface area contributed by atoms with Crippen molar-refractivity contribution >= 4 is 20.3 Å². The Bertz CT molecular complexity index is 358. The number of rotatable bonds is 11. The van der Waals surface area contributed by atoms with Crippen molar-refractivity contribution in [1.82, 2.24) is 0 Å². The minimum Gasteiger partial charge on any atom is -0.465 e. The van der Waals surface area contributed by atoms with E-state index in [9.17, 15) is 9.59 Å². The molecule has 0 aromatic carbocycles. The second-order valence-electron chi connectivity index (χ2n) is 6.86. The van der Waals surface area contributed by atoms with Gasteiger partial charge in [0.1, 0.15) is 6.42 Å². The van der Waals surface area contributed by atoms with Gasteiger partial charge in [-0.15, -0.1) is 0 Å². The maximum Gasteiger partial charge on any atom is 0.317 e. The predicted octanol–water partition coefficient (Wildman–Crippen LogP) is 4.06. The lowest BCUT2D eigenvalue weighted by molar-refractivity contribution is -0.156. The summed E-state index contributed by atoms with van der Waals surface area (Å²) in [6.45, 7) is 12.8. The normalized spacial score (nSPS) is 12.1. The van der Waals surface area contributed by atoms with Crippen LogP contribution in [0.3, 0.4) is 0 Å². The molecule has 0 atom stereocenters. The van der Waals surface area contributed by atoms with Crippen LogP contribution in [0.4, 0.5) is 0 Å². The van der Waals surface area contributed by atoms with Crippen molar-refractivity contribution in [2.24, 2.45) is 0 Å². The highest BCUT2D eigenvalue weighted by atomic mass is 28.4. The van der Waals surface area contributed by atoms with Gasteiger partial charge in [0.05, 0.1) is 12.7 Å². The molecule has 0 spiro atoms. The first-order valence-electron chi connectivity index (χ1n) is 8.56. The van der Waals surface area contributed by atoms with E-state index in [4.69, 9.17) is 13.9 Å². The Morgan fingerprint density at radius 1 is 0.913 bits per heavy atom. The Morgan fingerprint density at radius 3 is 1.91 bits per heavy atom. The van der Waals surface area contributed by atoms with Gasteiger partial charge in [0.2, 0.25) is 0 Å². The van der Waals surface area contributed by atoms with Crippen LogP contribution in [0.2, 0.25) is 17.1 Å². The monoisotopic (exact) mass is 346 g/mol. The van der Waals surface area contributed by atoms with Gasteiger partial charge >= 0.3 is 11.9 Å². The van der Waals surface area contributed by atoms with E-state index in [2.05, 4.69) is 27.7 Å². The standard InChI is InChI=1S/C17H34O5Si/c1-13(2)22-17(19)12-16(18)21-10-8-9-11-23(20-7,14(3)4)15(5)6/h13-15H,8-12H2,1-7H3. The first-order valence-corrected chi connectivity index (χ1v) is 10.8. The van der Waals surface area contributed by atoms with Gasteiger partial charge in [0.15, 0.2) is 8.32 Å². The lowest BCUT2D eigenvalue weighted by Crippen LogP contribution is -2.43. The second-order valence-corrected chi connectivity index (χ2v) is 12.0. The molecule has 0 N–H and O–H groups in total. The minimum atomic E-state index is -1.76. The molecule has 5 nitrogen and oxygen atoms in total. The number of hydrogen-bond donors (Lipinski definition) is 0. The van der Waals surface area contributed by atoms with Gasteiger partial charge in [0, 0.05) is 7.11 Å². The van der Waals surface area contributed by atoms with Gasteiger partial charge in [-0.25, -0.2) is 0 Å². The third-order valence-electron chi connectivity index (χ3n) is 4.22. The fourth-order valence-electron chi connectivity index (χ4n) is 2.98. The zero-order valence-electron chi connectivity index (χ0n) is 15.8. The number of ether oxygens (including phenoxy) is 2. The summed E-state index contributed by atoms with van der Waals surface area (Å²) in [6.07, 6.45) is 1.24. The highest BCUT2D eigenvalue weighted by Gasteiger charge is 2.40. The number of unbranched alkanes of at least 4 members (excludes halogenated alkanes) is 1. The van der Waals surface area contributed by atoms with Crippen LogP contribution in [-0.2, 0) is 23.5 Å². The van der Waals surface area contributed by atoms with E-state index in [1.807, 2.05) is 7.11 Å². The van der Waals surface area contributed by atoms with Crippen LogP contribution in [-0.4, -0.2) is 40.1 Å². The summed E-state index contributed by atoms with van der Waals surface area (Å²) in [7, 11) is 0.0654. The molecular weight excluding hydrogens is 312 g/mol. The maximum atomic E-state index is 11.5. The van der Waals surface area contributed by atoms with Crippen LogP contribution >= 0.6 is 0 Å². The lowest BCUT2D eigenvalue weighted by atomic mass is 10.3. The van der Waals surface area contributed by atoms with Crippen LogP contribution in [0.15, 0.2) is 0 Å². The first kappa shape index (κ1) is 22.1. The smallest absolute Gasteiger partial charge is 0.317 e. The van der Waals surface area contributed by atoms with E-state index < -0.39 is 20.3 Å². The second kappa shape index (κ2) is 10.8. The topological polar surface area (TPSA) is 61.8 Å². The number of carbonyl (C=O) groups excluding carboxylic acids is 2. The van der Waals surface area contributed by atoms with E-state index in [-0.39, 0.29) is 12.5 Å². The average Bonchev–Trinajstić information content (AvgIpc) is 2.40. The minimum absolute atomic E-state index is 0.213. The van der Waals surface area contributed by atoms with Gasteiger partial charge in [-0.1, -0.05) is 34.1 Å². The molecule has 23 heavy (non-hydrogen) atoms. The van der Waals surface area contributed by atoms with Crippen LogP contribution < -0.4 is 0 Å². The van der Waals surface area contributed by atoms with Crippen LogP contribution in [0.5, 0.6) is 0 Å². The average molecular weight is 347 g/mol. The molecule has 0 aliphatic rings. The molecule has 0 bridgehead atoms. The molecule has 136 valence electrons. The molecule has 0 heterocycles. The molecule has 0 aromatic rings. The van der Waals surface area contributed by atoms with Crippen molar-refractivity contribution in [3.05, 3.63) is 0 Å². The number of esters is 2. The molecule has 6 heteroatoms. The van der Waals surface area contributed by atoms with Gasteiger partial charge < -0.3 is 13.9 Å². The first-order chi connectivity index (χ1) is 10.7. The van der Waals surface area contributed by atoms with Crippen LogP contribution in [0.25, 0.3) is 0 Å². The summed E-state index contributed by atoms with van der Waals surface area (Å²) in [4.78, 5) is 22.9. The van der Waals surface area contributed by atoms with Crippen LogP contribution in [0, 0.1) is 0 Å². The summed E-state index contributed by atoms with van der Waals surface area (Å²) in [5.41, 5.74) is 1.11. The van der Waals surface area contributed by atoms with Gasteiger partial charge in [-0.2, -0.15) is 0 Å². The lowest BCUT2D eigenvalue weighted by Gasteiger charge is -2.37. The number of hydrogen-bond acceptors (Lipinski definition) is 5. The van der Waals surface area contributed by atoms with Crippen molar-refractivity contribution in [2.45, 2.75) is 84.0 Å². The Hall–Kier alpha value is -0.883. The van der Waals surface area contributed by atoms with E-state index in [0.29, 0.717) is 17.7 Å². The van der Waals surface area contributed by atoms with Crippen molar-refractivity contribution in [1.29, 1.82) is 0 Å². The summed E-state index contributed by atoms with van der Waals surface area (Å²) in [5.74, 6) is -1.05. The summed E-state index contributed by atoms with van der Waals surface area (Å²) < 4.78 is 16.0. The molecule has 0 aliphatic heterocycles. The Balaban J connectivity index is 4.08. The SMILES string of the molecule is CO[Si](CCCCOC(=O)CC(=O)OC(C)C)(C(C)C)C(C)C. The van der Waals surface area contributed by atoms with Gasteiger partial charge in [-0.05, 0) is 37.4 Å². The van der Waals surface area contributed by atoms with Crippen molar-refractivity contribution in [3.63, 3.8) is 0 Å². The fourth-order valence-corrected chi connectivity index (χ4v) is 7.42. The molecule has 0 saturated heterocycles. The third kappa shape index (κ3) is 7.97. The molecule has 0 fully saturated rings. The van der Waals surface area contributed by atoms with Gasteiger partial charge in [0.25, 0.3) is 0 Å². The molecular formula is C17H34O5Si. The number of carbonyl (C=O) groups is 2. The Labute approximate surface area is 142 Å². The molecule has 0 amide bonds. The van der Waals surface area contributed by atoms with Crippen LogP contribution in [0.1, 0.15) is 60.8 Å². The van der Waals surface area contributed by atoms with E-state index in [1.165, 1.54) is 0 Å². The van der Waals surface area contributed by atoms with Gasteiger partial charge in [-0.3, -0.25) is 9.59 Å². The summed E-state index contributed by atoms with van der Waals surface area (Å²) in [5, 5.41) is 0. The Morgan fingerprint density at radius 2 is 1.48 bits per heavy atom. The highest BCUT2D eigenvalue weighted by Crippen LogP contribution is 2.37. The molecule has 0 rings (SSSR count). The summed E-state index contributed by atoms with van der Waals surface area (Å²) >= 11 is 0. The van der Waals surface area contributed by atoms with E-state index in [1.54, 1.807) is 13.8 Å².